The molecule has 0 unspecified atom stereocenters. The van der Waals surface area contributed by atoms with Gasteiger partial charge in [-0.15, -0.1) is 0 Å². The molecule has 3 heterocycles. The van der Waals surface area contributed by atoms with Crippen LogP contribution in [-0.2, 0) is 0 Å². The average Bonchev–Trinajstić information content (AvgIpc) is 2.65. The third kappa shape index (κ3) is 2.44. The van der Waals surface area contributed by atoms with Crippen molar-refractivity contribution in [2.75, 3.05) is 44.7 Å². The zero-order valence-corrected chi connectivity index (χ0v) is 14.2. The van der Waals surface area contributed by atoms with Gasteiger partial charge in [0.2, 0.25) is 5.43 Å². The van der Waals surface area contributed by atoms with Gasteiger partial charge in [0.15, 0.2) is 11.6 Å². The summed E-state index contributed by atoms with van der Waals surface area (Å²) in [5.41, 5.74) is -0.657. The summed E-state index contributed by atoms with van der Waals surface area (Å²) in [6, 6.07) is 0.811. The van der Waals surface area contributed by atoms with Crippen LogP contribution < -0.4 is 15.1 Å². The molecule has 0 bridgehead atoms. The summed E-state index contributed by atoms with van der Waals surface area (Å²) < 4.78 is 45.1. The number of aromatic carboxylic acids is 1. The number of pyridine rings is 1. The van der Waals surface area contributed by atoms with E-state index in [1.54, 1.807) is 9.47 Å². The number of rotatable bonds is 2. The van der Waals surface area contributed by atoms with Crippen LogP contribution in [0.15, 0.2) is 17.1 Å². The lowest BCUT2D eigenvalue weighted by Crippen LogP contribution is -2.45. The molecule has 1 aromatic carbocycles. The van der Waals surface area contributed by atoms with Crippen LogP contribution in [0.1, 0.15) is 27.4 Å². The van der Waals surface area contributed by atoms with Crippen molar-refractivity contribution in [1.29, 1.82) is 0 Å². The number of likely N-dealkylation sites (N-methyl/N-ethyl adjacent to an activating group) is 1. The smallest absolute Gasteiger partial charge is 0.341 e. The minimum Gasteiger partial charge on any atom is -0.487 e. The van der Waals surface area contributed by atoms with Crippen molar-refractivity contribution in [3.63, 3.8) is 0 Å². The van der Waals surface area contributed by atoms with Gasteiger partial charge < -0.3 is 24.2 Å². The number of anilines is 1. The number of benzene rings is 1. The number of hydrogen-bond donors (Lipinski definition) is 1. The highest BCUT2D eigenvalue weighted by Crippen LogP contribution is 2.42. The number of aromatic nitrogens is 1. The first kappa shape index (κ1) is 13.6. The van der Waals surface area contributed by atoms with Gasteiger partial charge in [-0.25, -0.2) is 9.18 Å². The molecule has 0 radical (unpaired) electrons. The van der Waals surface area contributed by atoms with E-state index in [0.29, 0.717) is 5.52 Å². The normalized spacial score (nSPS) is 22.5. The third-order valence-corrected chi connectivity index (χ3v) is 4.97. The van der Waals surface area contributed by atoms with Gasteiger partial charge in [-0.2, -0.15) is 0 Å². The Bertz CT molecular complexity index is 1060. The monoisotopic (exact) mass is 365 g/mol. The molecule has 0 aliphatic carbocycles. The van der Waals surface area contributed by atoms with Gasteiger partial charge >= 0.3 is 5.97 Å². The number of carbonyl (C=O) groups is 1. The Morgan fingerprint density at radius 2 is 2.12 bits per heavy atom. The second-order valence-electron chi connectivity index (χ2n) is 6.65. The molecule has 0 saturated carbocycles. The average molecular weight is 365 g/mol. The van der Waals surface area contributed by atoms with Crippen LogP contribution in [0.25, 0.3) is 10.9 Å². The molecule has 1 saturated heterocycles. The van der Waals surface area contributed by atoms with E-state index in [9.17, 15) is 14.7 Å². The number of piperazine rings is 1. The van der Waals surface area contributed by atoms with Gasteiger partial charge in [0.05, 0.1) is 16.9 Å². The summed E-state index contributed by atoms with van der Waals surface area (Å²) in [5, 5.41) is 9.29. The largest absolute Gasteiger partial charge is 0.487 e. The van der Waals surface area contributed by atoms with Crippen molar-refractivity contribution in [3.05, 3.63) is 33.9 Å². The third-order valence-electron chi connectivity index (χ3n) is 4.97. The van der Waals surface area contributed by atoms with Gasteiger partial charge in [-0.05, 0) is 20.0 Å². The quantitative estimate of drug-likeness (QED) is 0.814. The van der Waals surface area contributed by atoms with Crippen LogP contribution in [0.2, 0.25) is 0 Å². The van der Waals surface area contributed by atoms with E-state index in [-0.39, 0.29) is 55.7 Å². The number of nitrogens with zero attached hydrogens (tertiary/aromatic N) is 3. The van der Waals surface area contributed by atoms with Gasteiger partial charge in [0.1, 0.15) is 17.9 Å². The SMILES string of the molecule is [2H][13C]([2H])([2H])N1CCN(c2c(F)cc3c(=O)c(C(=O)O)cn4c3c2OC[C@@H]4C)CC1. The van der Waals surface area contributed by atoms with E-state index in [0.717, 1.165) is 6.07 Å². The molecule has 8 heteroatoms. The number of carboxylic acids is 1. The van der Waals surface area contributed by atoms with Crippen molar-refractivity contribution in [1.82, 2.24) is 9.47 Å². The Hall–Kier alpha value is -2.61. The van der Waals surface area contributed by atoms with Crippen LogP contribution in [0.3, 0.4) is 0 Å². The summed E-state index contributed by atoms with van der Waals surface area (Å²) in [4.78, 5) is 27.1. The lowest BCUT2D eigenvalue weighted by molar-refractivity contribution is 0.0694. The van der Waals surface area contributed by atoms with Crippen molar-refractivity contribution in [2.45, 2.75) is 13.0 Å². The van der Waals surface area contributed by atoms with Gasteiger partial charge in [-0.1, -0.05) is 0 Å². The molecule has 2 aliphatic heterocycles. The molecule has 1 aromatic heterocycles. The van der Waals surface area contributed by atoms with Crippen LogP contribution in [0, 0.1) is 5.82 Å². The van der Waals surface area contributed by atoms with E-state index < -0.39 is 29.8 Å². The second-order valence-corrected chi connectivity index (χ2v) is 6.65. The molecule has 2 aliphatic rings. The highest BCUT2D eigenvalue weighted by molar-refractivity contribution is 5.97. The number of halogens is 1. The number of ether oxygens (including phenoxy) is 1. The molecule has 1 N–H and O–H groups in total. The Morgan fingerprint density at radius 1 is 1.38 bits per heavy atom. The van der Waals surface area contributed by atoms with Crippen molar-refractivity contribution < 1.29 is 23.1 Å². The summed E-state index contributed by atoms with van der Waals surface area (Å²) in [6.45, 7) is 0.825. The number of carboxylic acid groups (broad SMARTS) is 1. The van der Waals surface area contributed by atoms with Gasteiger partial charge in [0, 0.05) is 36.5 Å². The summed E-state index contributed by atoms with van der Waals surface area (Å²) in [7, 11) is 0. The van der Waals surface area contributed by atoms with Gasteiger partial charge in [0.25, 0.3) is 0 Å². The molecular weight excluding hydrogens is 342 g/mol. The maximum atomic E-state index is 15.1. The van der Waals surface area contributed by atoms with Crippen LogP contribution in [-0.4, -0.2) is 60.3 Å². The molecule has 0 amide bonds. The Balaban J connectivity index is 1.86. The fourth-order valence-electron chi connectivity index (χ4n) is 3.59. The van der Waals surface area contributed by atoms with E-state index in [4.69, 9.17) is 8.85 Å². The Kier molecular flexibility index (Phi) is 3.12. The van der Waals surface area contributed by atoms with E-state index >= 15 is 4.39 Å². The van der Waals surface area contributed by atoms with Crippen LogP contribution in [0.5, 0.6) is 5.75 Å². The molecule has 7 nitrogen and oxygen atoms in total. The molecule has 0 spiro atoms. The molecule has 1 atom stereocenters. The lowest BCUT2D eigenvalue weighted by atomic mass is 10.1. The first-order valence-electron chi connectivity index (χ1n) is 9.87. The fraction of sp³-hybridized carbons (Fsp3) is 0.444. The minimum absolute atomic E-state index is 0.0474. The highest BCUT2D eigenvalue weighted by Gasteiger charge is 2.30. The summed E-state index contributed by atoms with van der Waals surface area (Å²) in [5.74, 6) is -1.88. The fourth-order valence-corrected chi connectivity index (χ4v) is 3.59. The molecule has 2 aromatic rings. The van der Waals surface area contributed by atoms with Crippen LogP contribution in [0.4, 0.5) is 10.1 Å². The van der Waals surface area contributed by atoms with Crippen LogP contribution >= 0.6 is 0 Å². The highest BCUT2D eigenvalue weighted by atomic mass is 19.1. The maximum absolute atomic E-state index is 15.1. The predicted molar refractivity (Wildman–Crippen MR) is 95.0 cm³/mol. The summed E-state index contributed by atoms with van der Waals surface area (Å²) >= 11 is 0. The predicted octanol–water partition coefficient (Wildman–Crippen LogP) is 1.54. The molecule has 1 fully saturated rings. The van der Waals surface area contributed by atoms with Gasteiger partial charge in [-0.3, -0.25) is 4.79 Å². The topological polar surface area (TPSA) is 75.0 Å². The molecule has 138 valence electrons. The minimum atomic E-state index is -2.21. The zero-order valence-electron chi connectivity index (χ0n) is 17.2. The molecule has 26 heavy (non-hydrogen) atoms. The Labute approximate surface area is 153 Å². The molecular formula is C18H20FN3O4. The standard InChI is InChI=1S/C18H20FN3O4/c1-10-9-26-17-14-11(16(23)12(18(24)25)8-22(10)14)7-13(19)15(17)21-5-3-20(2)4-6-21/h7-8,10H,3-6,9H2,1-2H3,(H,24,25)/t10-/m0/s1/i2+1D3. The van der Waals surface area contributed by atoms with Crippen molar-refractivity contribution in [3.8, 4) is 5.75 Å². The first-order chi connectivity index (χ1) is 13.6. The lowest BCUT2D eigenvalue weighted by Gasteiger charge is -2.37. The van der Waals surface area contributed by atoms with E-state index in [1.165, 1.54) is 11.1 Å². The van der Waals surface area contributed by atoms with E-state index in [1.807, 2.05) is 6.92 Å². The van der Waals surface area contributed by atoms with Crippen molar-refractivity contribution in [2.24, 2.45) is 0 Å². The zero-order chi connectivity index (χ0) is 21.1. The maximum Gasteiger partial charge on any atom is 0.341 e. The Morgan fingerprint density at radius 3 is 2.77 bits per heavy atom. The molecule has 4 rings (SSSR count). The first-order valence-corrected chi connectivity index (χ1v) is 8.37. The van der Waals surface area contributed by atoms with E-state index in [2.05, 4.69) is 0 Å². The summed E-state index contributed by atoms with van der Waals surface area (Å²) in [6.07, 6.45) is 1.28. The van der Waals surface area contributed by atoms with Crippen molar-refractivity contribution >= 4 is 22.6 Å². The second kappa shape index (κ2) is 5.98. The number of hydrogen-bond acceptors (Lipinski definition) is 5.